The van der Waals surface area contributed by atoms with Crippen molar-refractivity contribution < 1.29 is 9.15 Å². The molecule has 0 aromatic carbocycles. The fourth-order valence-electron chi connectivity index (χ4n) is 1.90. The molecule has 2 rings (SSSR count). The SMILES string of the molecule is COCCNCCCc1ncc(-c2cc(C)c(C)s2)o1. The zero-order chi connectivity index (χ0) is 14.4. The molecule has 110 valence electrons. The molecular formula is C15H22N2O2S. The molecule has 0 aliphatic carbocycles. The number of methoxy groups -OCH3 is 1. The van der Waals surface area contributed by atoms with E-state index in [1.807, 2.05) is 6.20 Å². The van der Waals surface area contributed by atoms with Crippen molar-refractivity contribution in [2.45, 2.75) is 26.7 Å². The molecule has 2 aromatic rings. The van der Waals surface area contributed by atoms with Gasteiger partial charge in [0.1, 0.15) is 0 Å². The molecule has 0 bridgehead atoms. The summed E-state index contributed by atoms with van der Waals surface area (Å²) in [5.41, 5.74) is 1.31. The fraction of sp³-hybridized carbons (Fsp3) is 0.533. The Bertz CT molecular complexity index is 514. The van der Waals surface area contributed by atoms with Crippen molar-refractivity contribution in [2.75, 3.05) is 26.8 Å². The van der Waals surface area contributed by atoms with E-state index in [0.29, 0.717) is 0 Å². The van der Waals surface area contributed by atoms with Gasteiger partial charge in [0, 0.05) is 25.0 Å². The summed E-state index contributed by atoms with van der Waals surface area (Å²) in [5, 5.41) is 3.31. The molecule has 5 heteroatoms. The van der Waals surface area contributed by atoms with Crippen molar-refractivity contribution in [2.24, 2.45) is 0 Å². The summed E-state index contributed by atoms with van der Waals surface area (Å²) in [6.45, 7) is 6.85. The molecule has 4 nitrogen and oxygen atoms in total. The predicted molar refractivity (Wildman–Crippen MR) is 82.4 cm³/mol. The highest BCUT2D eigenvalue weighted by Gasteiger charge is 2.09. The van der Waals surface area contributed by atoms with Gasteiger partial charge in [0.05, 0.1) is 17.7 Å². The van der Waals surface area contributed by atoms with Crippen LogP contribution in [-0.2, 0) is 11.2 Å². The van der Waals surface area contributed by atoms with Crippen LogP contribution in [0.1, 0.15) is 22.8 Å². The minimum Gasteiger partial charge on any atom is -0.440 e. The van der Waals surface area contributed by atoms with Crippen molar-refractivity contribution in [3.63, 3.8) is 0 Å². The van der Waals surface area contributed by atoms with Gasteiger partial charge in [-0.15, -0.1) is 11.3 Å². The lowest BCUT2D eigenvalue weighted by atomic mass is 10.3. The first kappa shape index (κ1) is 15.2. The van der Waals surface area contributed by atoms with E-state index < -0.39 is 0 Å². The molecule has 2 aromatic heterocycles. The number of thiophene rings is 1. The Morgan fingerprint density at radius 3 is 2.90 bits per heavy atom. The Morgan fingerprint density at radius 2 is 2.20 bits per heavy atom. The Hall–Kier alpha value is -1.17. The smallest absolute Gasteiger partial charge is 0.194 e. The average Bonchev–Trinajstić information content (AvgIpc) is 3.02. The summed E-state index contributed by atoms with van der Waals surface area (Å²) in [6, 6.07) is 2.16. The zero-order valence-corrected chi connectivity index (χ0v) is 13.2. The maximum atomic E-state index is 5.81. The van der Waals surface area contributed by atoms with E-state index in [1.165, 1.54) is 10.4 Å². The van der Waals surface area contributed by atoms with Crippen molar-refractivity contribution in [1.82, 2.24) is 10.3 Å². The van der Waals surface area contributed by atoms with Crippen LogP contribution in [0.5, 0.6) is 0 Å². The maximum absolute atomic E-state index is 5.81. The molecule has 2 heterocycles. The molecule has 0 saturated heterocycles. The highest BCUT2D eigenvalue weighted by molar-refractivity contribution is 7.15. The lowest BCUT2D eigenvalue weighted by Gasteiger charge is -2.01. The van der Waals surface area contributed by atoms with Crippen molar-refractivity contribution >= 4 is 11.3 Å². The highest BCUT2D eigenvalue weighted by Crippen LogP contribution is 2.31. The third-order valence-electron chi connectivity index (χ3n) is 3.19. The summed E-state index contributed by atoms with van der Waals surface area (Å²) in [4.78, 5) is 6.85. The summed E-state index contributed by atoms with van der Waals surface area (Å²) >= 11 is 1.76. The molecule has 0 amide bonds. The summed E-state index contributed by atoms with van der Waals surface area (Å²) in [7, 11) is 1.71. The number of oxazole rings is 1. The van der Waals surface area contributed by atoms with Gasteiger partial charge in [-0.25, -0.2) is 4.98 Å². The van der Waals surface area contributed by atoms with Gasteiger partial charge in [-0.2, -0.15) is 0 Å². The predicted octanol–water partition coefficient (Wildman–Crippen LogP) is 3.19. The van der Waals surface area contributed by atoms with Gasteiger partial charge in [0.2, 0.25) is 0 Å². The maximum Gasteiger partial charge on any atom is 0.194 e. The second kappa shape index (κ2) is 7.57. The molecule has 0 saturated carbocycles. The van der Waals surface area contributed by atoms with E-state index >= 15 is 0 Å². The molecule has 0 fully saturated rings. The van der Waals surface area contributed by atoms with E-state index in [1.54, 1.807) is 18.4 Å². The van der Waals surface area contributed by atoms with Crippen LogP contribution in [0.2, 0.25) is 0 Å². The number of aromatic nitrogens is 1. The van der Waals surface area contributed by atoms with Gasteiger partial charge in [0.25, 0.3) is 0 Å². The lowest BCUT2D eigenvalue weighted by molar-refractivity contribution is 0.199. The van der Waals surface area contributed by atoms with E-state index in [-0.39, 0.29) is 0 Å². The number of nitrogens with zero attached hydrogens (tertiary/aromatic N) is 1. The third-order valence-corrected chi connectivity index (χ3v) is 4.36. The normalized spacial score (nSPS) is 11.2. The number of aryl methyl sites for hydroxylation is 3. The second-order valence-corrected chi connectivity index (χ2v) is 6.07. The van der Waals surface area contributed by atoms with E-state index in [0.717, 1.165) is 49.1 Å². The van der Waals surface area contributed by atoms with Crippen LogP contribution >= 0.6 is 11.3 Å². The van der Waals surface area contributed by atoms with Crippen LogP contribution in [0, 0.1) is 13.8 Å². The lowest BCUT2D eigenvalue weighted by Crippen LogP contribution is -2.20. The first-order valence-electron chi connectivity index (χ1n) is 6.92. The number of hydrogen-bond donors (Lipinski definition) is 1. The van der Waals surface area contributed by atoms with E-state index in [2.05, 4.69) is 30.2 Å². The topological polar surface area (TPSA) is 47.3 Å². The van der Waals surface area contributed by atoms with E-state index in [4.69, 9.17) is 9.15 Å². The third kappa shape index (κ3) is 4.16. The quantitative estimate of drug-likeness (QED) is 0.760. The van der Waals surface area contributed by atoms with Gasteiger partial charge in [-0.05, 0) is 38.4 Å². The van der Waals surface area contributed by atoms with Gasteiger partial charge in [-0.1, -0.05) is 0 Å². The number of ether oxygens (including phenoxy) is 1. The summed E-state index contributed by atoms with van der Waals surface area (Å²) < 4.78 is 10.8. The number of hydrogen-bond acceptors (Lipinski definition) is 5. The first-order valence-corrected chi connectivity index (χ1v) is 7.74. The van der Waals surface area contributed by atoms with Gasteiger partial charge >= 0.3 is 0 Å². The van der Waals surface area contributed by atoms with Gasteiger partial charge in [-0.3, -0.25) is 0 Å². The minimum absolute atomic E-state index is 0.750. The van der Waals surface area contributed by atoms with Crippen molar-refractivity contribution in [3.05, 3.63) is 28.6 Å². The molecule has 0 aliphatic heterocycles. The zero-order valence-electron chi connectivity index (χ0n) is 12.4. The van der Waals surface area contributed by atoms with Crippen LogP contribution in [-0.4, -0.2) is 31.8 Å². The standard InChI is InChI=1S/C15H22N2O2S/c1-11-9-14(20-12(11)2)13-10-17-15(19-13)5-4-6-16-7-8-18-3/h9-10,16H,4-8H2,1-3H3. The average molecular weight is 294 g/mol. The van der Waals surface area contributed by atoms with Crippen LogP contribution in [0.15, 0.2) is 16.7 Å². The monoisotopic (exact) mass is 294 g/mol. The Balaban J connectivity index is 1.80. The van der Waals surface area contributed by atoms with Crippen LogP contribution < -0.4 is 5.32 Å². The van der Waals surface area contributed by atoms with Gasteiger partial charge < -0.3 is 14.5 Å². The minimum atomic E-state index is 0.750. The van der Waals surface area contributed by atoms with Crippen LogP contribution in [0.25, 0.3) is 10.6 Å². The Labute approximate surface area is 124 Å². The van der Waals surface area contributed by atoms with E-state index in [9.17, 15) is 0 Å². The largest absolute Gasteiger partial charge is 0.440 e. The van der Waals surface area contributed by atoms with Gasteiger partial charge in [0.15, 0.2) is 11.7 Å². The first-order chi connectivity index (χ1) is 9.70. The Morgan fingerprint density at radius 1 is 1.35 bits per heavy atom. The fourth-order valence-corrected chi connectivity index (χ4v) is 2.88. The number of nitrogens with one attached hydrogen (secondary N) is 1. The highest BCUT2D eigenvalue weighted by atomic mass is 32.1. The van der Waals surface area contributed by atoms with Crippen molar-refractivity contribution in [1.29, 1.82) is 0 Å². The van der Waals surface area contributed by atoms with Crippen LogP contribution in [0.4, 0.5) is 0 Å². The molecule has 1 N–H and O–H groups in total. The number of rotatable bonds is 8. The molecule has 0 atom stereocenters. The van der Waals surface area contributed by atoms with Crippen molar-refractivity contribution in [3.8, 4) is 10.6 Å². The Kier molecular flexibility index (Phi) is 5.76. The molecule has 0 spiro atoms. The van der Waals surface area contributed by atoms with Crippen LogP contribution in [0.3, 0.4) is 0 Å². The summed E-state index contributed by atoms with van der Waals surface area (Å²) in [5.74, 6) is 1.70. The molecular weight excluding hydrogens is 272 g/mol. The molecule has 0 unspecified atom stereocenters. The molecule has 20 heavy (non-hydrogen) atoms. The molecule has 0 radical (unpaired) electrons. The second-order valence-electron chi connectivity index (χ2n) is 4.81. The molecule has 0 aliphatic rings. The summed E-state index contributed by atoms with van der Waals surface area (Å²) in [6.07, 6.45) is 3.72.